The van der Waals surface area contributed by atoms with Crippen LogP contribution >= 0.6 is 0 Å². The van der Waals surface area contributed by atoms with E-state index in [1.165, 1.54) is 31.2 Å². The zero-order valence-corrected chi connectivity index (χ0v) is 21.0. The minimum absolute atomic E-state index is 0.0334. The highest BCUT2D eigenvalue weighted by molar-refractivity contribution is 5.99. The Hall–Kier alpha value is -3.50. The first-order chi connectivity index (χ1) is 18.2. The maximum absolute atomic E-state index is 12.9. The monoisotopic (exact) mass is 530 g/mol. The number of carbonyl (C=O) groups excluding carboxylic acids is 2. The lowest BCUT2D eigenvalue weighted by molar-refractivity contribution is -0.154. The predicted octanol–water partition coefficient (Wildman–Crippen LogP) is 4.81. The van der Waals surface area contributed by atoms with Crippen LogP contribution in [0.2, 0.25) is 0 Å². The zero-order valence-electron chi connectivity index (χ0n) is 21.0. The van der Waals surface area contributed by atoms with Crippen LogP contribution in [0.5, 0.6) is 11.6 Å². The molecule has 2 saturated carbocycles. The highest BCUT2D eigenvalue weighted by atomic mass is 19.4. The molecule has 38 heavy (non-hydrogen) atoms. The van der Waals surface area contributed by atoms with Gasteiger partial charge in [-0.1, -0.05) is 6.08 Å². The molecule has 1 amide bonds. The number of allylic oxidation sites excluding steroid dienone is 2. The number of amides is 1. The normalized spacial score (nSPS) is 23.8. The minimum atomic E-state index is -4.46. The summed E-state index contributed by atoms with van der Waals surface area (Å²) in [6.07, 6.45) is 6.46. The van der Waals surface area contributed by atoms with Crippen molar-refractivity contribution in [3.63, 3.8) is 0 Å². The molecule has 5 rings (SSSR count). The van der Waals surface area contributed by atoms with Crippen LogP contribution in [0.3, 0.4) is 0 Å². The fourth-order valence-corrected chi connectivity index (χ4v) is 4.84. The van der Waals surface area contributed by atoms with Crippen LogP contribution in [-0.4, -0.2) is 52.1 Å². The molecule has 3 fully saturated rings. The van der Waals surface area contributed by atoms with E-state index >= 15 is 0 Å². The molecule has 11 heteroatoms. The molecule has 8 nitrogen and oxygen atoms in total. The lowest BCUT2D eigenvalue weighted by Crippen LogP contribution is -2.33. The summed E-state index contributed by atoms with van der Waals surface area (Å²) < 4.78 is 47.1. The number of ether oxygens (including phenoxy) is 2. The second kappa shape index (κ2) is 10.7. The maximum atomic E-state index is 12.9. The van der Waals surface area contributed by atoms with Gasteiger partial charge in [-0.15, -0.1) is 0 Å². The Balaban J connectivity index is 1.11. The zero-order chi connectivity index (χ0) is 26.9. The number of nitrogens with zero attached hydrogens (tertiary/aromatic N) is 4. The smallest absolute Gasteiger partial charge is 0.422 e. The second-order valence-electron chi connectivity index (χ2n) is 10.1. The molecule has 1 aliphatic heterocycles. The fraction of sp³-hybridized carbons (Fsp3) is 0.519. The van der Waals surface area contributed by atoms with Gasteiger partial charge in [-0.25, -0.2) is 15.0 Å². The molecule has 3 heterocycles. The molecule has 3 aliphatic rings. The van der Waals surface area contributed by atoms with Gasteiger partial charge in [0.2, 0.25) is 5.88 Å². The molecule has 2 aromatic heterocycles. The number of rotatable bonds is 10. The minimum Gasteiger partial charge on any atom is -0.479 e. The van der Waals surface area contributed by atoms with E-state index in [9.17, 15) is 22.8 Å². The summed E-state index contributed by atoms with van der Waals surface area (Å²) >= 11 is 0. The number of halogens is 3. The van der Waals surface area contributed by atoms with Crippen molar-refractivity contribution < 1.29 is 32.2 Å². The Bertz CT molecular complexity index is 1190. The van der Waals surface area contributed by atoms with Gasteiger partial charge in [-0.3, -0.25) is 9.59 Å². The summed E-state index contributed by atoms with van der Waals surface area (Å²) in [4.78, 5) is 40.0. The van der Waals surface area contributed by atoms with Crippen LogP contribution in [0, 0.1) is 11.8 Å². The van der Waals surface area contributed by atoms with E-state index in [-0.39, 0.29) is 35.2 Å². The Morgan fingerprint density at radius 2 is 1.84 bits per heavy atom. The lowest BCUT2D eigenvalue weighted by Gasteiger charge is -2.33. The molecule has 1 saturated heterocycles. The Labute approximate surface area is 218 Å². The largest absolute Gasteiger partial charge is 0.479 e. The third-order valence-electron chi connectivity index (χ3n) is 7.24. The number of Topliss-reactive ketones (excluding diaryl/α,β-unsaturated/α-hetero) is 1. The average Bonchev–Trinajstić information content (AvgIpc) is 3.63. The molecule has 0 radical (unpaired) electrons. The maximum Gasteiger partial charge on any atom is 0.422 e. The van der Waals surface area contributed by atoms with Crippen LogP contribution in [0.25, 0.3) is 0 Å². The van der Waals surface area contributed by atoms with E-state index in [1.807, 2.05) is 13.0 Å². The first-order valence-corrected chi connectivity index (χ1v) is 12.8. The van der Waals surface area contributed by atoms with Gasteiger partial charge < -0.3 is 14.4 Å². The number of hydrogen-bond donors (Lipinski definition) is 0. The van der Waals surface area contributed by atoms with Gasteiger partial charge in [0.15, 0.2) is 18.5 Å². The van der Waals surface area contributed by atoms with Crippen LogP contribution in [0.4, 0.5) is 18.9 Å². The van der Waals surface area contributed by atoms with Crippen molar-refractivity contribution in [2.75, 3.05) is 18.1 Å². The van der Waals surface area contributed by atoms with Crippen molar-refractivity contribution >= 4 is 17.4 Å². The SMILES string of the molecule is C/C=C(/CC1CC1)C(=O)C1CC(c2ncc(N3CC[C@@H](Oc4ccc(OCC(F)(F)F)nc4)C3=O)cn2)C1. The summed E-state index contributed by atoms with van der Waals surface area (Å²) in [5, 5.41) is 0. The van der Waals surface area contributed by atoms with Gasteiger partial charge in [-0.2, -0.15) is 13.2 Å². The third-order valence-corrected chi connectivity index (χ3v) is 7.24. The van der Waals surface area contributed by atoms with E-state index in [4.69, 9.17) is 4.74 Å². The van der Waals surface area contributed by atoms with Crippen molar-refractivity contribution in [1.29, 1.82) is 0 Å². The average molecular weight is 531 g/mol. The topological polar surface area (TPSA) is 94.5 Å². The fourth-order valence-electron chi connectivity index (χ4n) is 4.84. The first kappa shape index (κ1) is 26.1. The molecule has 202 valence electrons. The number of aromatic nitrogens is 3. The Kier molecular flexibility index (Phi) is 7.36. The van der Waals surface area contributed by atoms with Gasteiger partial charge in [-0.05, 0) is 56.6 Å². The van der Waals surface area contributed by atoms with Crippen LogP contribution < -0.4 is 14.4 Å². The van der Waals surface area contributed by atoms with Gasteiger partial charge in [0.05, 0.1) is 24.3 Å². The molecular formula is C27H29F3N4O4. The van der Waals surface area contributed by atoms with Crippen molar-refractivity contribution in [1.82, 2.24) is 15.0 Å². The van der Waals surface area contributed by atoms with E-state index in [2.05, 4.69) is 19.7 Å². The van der Waals surface area contributed by atoms with Crippen molar-refractivity contribution in [3.8, 4) is 11.6 Å². The summed E-state index contributed by atoms with van der Waals surface area (Å²) in [5.74, 6) is 1.60. The highest BCUT2D eigenvalue weighted by Crippen LogP contribution is 2.44. The summed E-state index contributed by atoms with van der Waals surface area (Å²) in [5.41, 5.74) is 1.52. The van der Waals surface area contributed by atoms with Crippen molar-refractivity contribution in [2.45, 2.75) is 63.6 Å². The van der Waals surface area contributed by atoms with Crippen molar-refractivity contribution in [2.24, 2.45) is 11.8 Å². The van der Waals surface area contributed by atoms with Gasteiger partial charge >= 0.3 is 6.18 Å². The number of alkyl halides is 3. The number of anilines is 1. The summed E-state index contributed by atoms with van der Waals surface area (Å²) in [7, 11) is 0. The number of carbonyl (C=O) groups is 2. The predicted molar refractivity (Wildman–Crippen MR) is 131 cm³/mol. The molecule has 2 aromatic rings. The Morgan fingerprint density at radius 3 is 2.45 bits per heavy atom. The quantitative estimate of drug-likeness (QED) is 0.407. The van der Waals surface area contributed by atoms with Crippen molar-refractivity contribution in [3.05, 3.63) is 48.2 Å². The molecular weight excluding hydrogens is 501 g/mol. The number of ketones is 1. The van der Waals surface area contributed by atoms with E-state index in [0.717, 1.165) is 24.8 Å². The number of pyridine rings is 1. The third kappa shape index (κ3) is 6.14. The number of hydrogen-bond acceptors (Lipinski definition) is 7. The molecule has 0 bridgehead atoms. The molecule has 0 unspecified atom stereocenters. The molecule has 0 spiro atoms. The summed E-state index contributed by atoms with van der Waals surface area (Å²) in [6, 6.07) is 2.67. The molecule has 0 aromatic carbocycles. The van der Waals surface area contributed by atoms with Gasteiger partial charge in [0.1, 0.15) is 11.6 Å². The van der Waals surface area contributed by atoms with Gasteiger partial charge in [0.25, 0.3) is 5.91 Å². The highest BCUT2D eigenvalue weighted by Gasteiger charge is 2.39. The lowest BCUT2D eigenvalue weighted by atomic mass is 9.70. The Morgan fingerprint density at radius 1 is 1.11 bits per heavy atom. The standard InChI is InChI=1S/C27H29F3N4O4/c1-2-17(9-16-3-4-16)24(35)18-10-19(11-18)25-32-12-20(13-33-25)34-8-7-22(26(34)36)38-21-5-6-23(31-14-21)37-15-27(28,29)30/h2,5-6,12-14,16,18-19,22H,3-4,7-11,15H2,1H3/b17-2-/t18?,19?,22-/m1/s1. The van der Waals surface area contributed by atoms with E-state index < -0.39 is 18.9 Å². The van der Waals surface area contributed by atoms with Crippen LogP contribution in [0.15, 0.2) is 42.4 Å². The molecule has 1 atom stereocenters. The second-order valence-corrected chi connectivity index (χ2v) is 10.1. The molecule has 2 aliphatic carbocycles. The van der Waals surface area contributed by atoms with Crippen LogP contribution in [-0.2, 0) is 9.59 Å². The van der Waals surface area contributed by atoms with Gasteiger partial charge in [0, 0.05) is 30.9 Å². The first-order valence-electron chi connectivity index (χ1n) is 12.8. The van der Waals surface area contributed by atoms with E-state index in [0.29, 0.717) is 30.4 Å². The summed E-state index contributed by atoms with van der Waals surface area (Å²) in [6.45, 7) is 0.917. The molecule has 0 N–H and O–H groups in total. The van der Waals surface area contributed by atoms with Crippen LogP contribution in [0.1, 0.15) is 57.2 Å². The van der Waals surface area contributed by atoms with E-state index in [1.54, 1.807) is 17.3 Å².